The van der Waals surface area contributed by atoms with E-state index < -0.39 is 41.7 Å². The summed E-state index contributed by atoms with van der Waals surface area (Å²) in [6, 6.07) is 29.3. The molecule has 0 spiro atoms. The van der Waals surface area contributed by atoms with E-state index in [1.54, 1.807) is 11.0 Å². The Morgan fingerprint density at radius 1 is 0.863 bits per heavy atom. The monoisotopic (exact) mass is 687 g/mol. The van der Waals surface area contributed by atoms with Crippen molar-refractivity contribution in [1.82, 2.24) is 10.2 Å². The second-order valence-corrected chi connectivity index (χ2v) is 13.5. The van der Waals surface area contributed by atoms with Crippen LogP contribution < -0.4 is 10.6 Å². The van der Waals surface area contributed by atoms with Gasteiger partial charge in [-0.3, -0.25) is 19.2 Å². The molecule has 0 bridgehead atoms. The molecule has 9 heteroatoms. The van der Waals surface area contributed by atoms with E-state index >= 15 is 0 Å². The summed E-state index contributed by atoms with van der Waals surface area (Å²) in [5, 5.41) is 17.9. The standard InChI is InChI=1S/C42H45N3O6/c46-27-37-24-32-16-10-11-19-35(32)26-45(37)39(47)25-33-17-6-1-2-7-18-34(22-29-12-4-3-5-13-29)42(50)51-28-38(44-40(33)48)41(49)43-36-21-20-30-14-8-9-15-31(30)23-36/h1,3-6,8-16,19-21,23,33-34,37-38,46H,2,7,17-18,22,24-28H2,(H,43,49)(H,44,48)/t33-,34-,37+,38+/m1/s1. The van der Waals surface area contributed by atoms with Gasteiger partial charge in [-0.2, -0.15) is 0 Å². The first kappa shape index (κ1) is 35.5. The number of cyclic esters (lactones) is 1. The summed E-state index contributed by atoms with van der Waals surface area (Å²) < 4.78 is 5.80. The molecule has 264 valence electrons. The van der Waals surface area contributed by atoms with Crippen LogP contribution in [-0.4, -0.2) is 59.0 Å². The molecule has 0 saturated carbocycles. The SMILES string of the molecule is O=C1N[C@H](C(=O)Nc2ccc3ccccc3c2)COC(=O)[C@@H](Cc2ccccc2)CCCC=CC[C@@H]1CC(=O)N1Cc2ccccc2C[C@H]1CO. The number of carbonyl (C=O) groups is 4. The Kier molecular flexibility index (Phi) is 11.9. The Balaban J connectivity index is 1.22. The molecule has 2 heterocycles. The Morgan fingerprint density at radius 2 is 1.61 bits per heavy atom. The summed E-state index contributed by atoms with van der Waals surface area (Å²) in [5.74, 6) is -2.89. The molecule has 0 aromatic heterocycles. The van der Waals surface area contributed by atoms with Gasteiger partial charge >= 0.3 is 5.97 Å². The van der Waals surface area contributed by atoms with Crippen LogP contribution >= 0.6 is 0 Å². The summed E-state index contributed by atoms with van der Waals surface area (Å²) in [5.41, 5.74) is 3.67. The van der Waals surface area contributed by atoms with Gasteiger partial charge < -0.3 is 25.4 Å². The fraction of sp³-hybridized carbons (Fsp3) is 0.333. The smallest absolute Gasteiger partial charge is 0.309 e. The van der Waals surface area contributed by atoms with Gasteiger partial charge in [0.2, 0.25) is 11.8 Å². The average molecular weight is 688 g/mol. The van der Waals surface area contributed by atoms with E-state index in [9.17, 15) is 24.3 Å². The number of aliphatic hydroxyl groups is 1. The van der Waals surface area contributed by atoms with Crippen LogP contribution in [0.3, 0.4) is 0 Å². The van der Waals surface area contributed by atoms with Gasteiger partial charge in [0.15, 0.2) is 0 Å². The lowest BCUT2D eigenvalue weighted by molar-refractivity contribution is -0.151. The molecule has 4 aromatic rings. The van der Waals surface area contributed by atoms with Crippen LogP contribution in [0.1, 0.15) is 48.8 Å². The molecule has 3 N–H and O–H groups in total. The molecule has 3 amide bonds. The predicted molar refractivity (Wildman–Crippen MR) is 196 cm³/mol. The molecule has 2 aliphatic rings. The zero-order valence-corrected chi connectivity index (χ0v) is 28.7. The third kappa shape index (κ3) is 9.29. The Bertz CT molecular complexity index is 1870. The van der Waals surface area contributed by atoms with Gasteiger partial charge in [-0.25, -0.2) is 0 Å². The maximum Gasteiger partial charge on any atom is 0.309 e. The molecule has 0 fully saturated rings. The molecule has 0 aliphatic carbocycles. The minimum atomic E-state index is -1.21. The number of hydrogen-bond donors (Lipinski definition) is 3. The van der Waals surface area contributed by atoms with Crippen molar-refractivity contribution in [3.05, 3.63) is 126 Å². The topological polar surface area (TPSA) is 125 Å². The van der Waals surface area contributed by atoms with Crippen LogP contribution in [0.5, 0.6) is 0 Å². The molecule has 0 unspecified atom stereocenters. The third-order valence-corrected chi connectivity index (χ3v) is 9.89. The van der Waals surface area contributed by atoms with E-state index in [2.05, 4.69) is 10.6 Å². The van der Waals surface area contributed by atoms with Gasteiger partial charge in [-0.15, -0.1) is 0 Å². The Labute approximate surface area is 298 Å². The van der Waals surface area contributed by atoms with Crippen molar-refractivity contribution < 1.29 is 29.0 Å². The highest BCUT2D eigenvalue weighted by molar-refractivity contribution is 6.00. The van der Waals surface area contributed by atoms with Crippen molar-refractivity contribution >= 4 is 40.2 Å². The Hall–Kier alpha value is -5.28. The van der Waals surface area contributed by atoms with E-state index in [4.69, 9.17) is 4.74 Å². The average Bonchev–Trinajstić information content (AvgIpc) is 3.15. The first-order valence-electron chi connectivity index (χ1n) is 17.8. The highest BCUT2D eigenvalue weighted by Crippen LogP contribution is 2.26. The maximum absolute atomic E-state index is 14.0. The number of nitrogens with one attached hydrogen (secondary N) is 2. The van der Waals surface area contributed by atoms with Crippen LogP contribution in [0, 0.1) is 11.8 Å². The van der Waals surface area contributed by atoms with Gasteiger partial charge in [0.25, 0.3) is 5.91 Å². The van der Waals surface area contributed by atoms with Gasteiger partial charge in [0, 0.05) is 18.7 Å². The van der Waals surface area contributed by atoms with Gasteiger partial charge in [0.1, 0.15) is 12.6 Å². The second-order valence-electron chi connectivity index (χ2n) is 13.5. The number of esters is 1. The number of fused-ring (bicyclic) bond motifs is 2. The fourth-order valence-electron chi connectivity index (χ4n) is 6.97. The van der Waals surface area contributed by atoms with E-state index in [1.165, 1.54) is 0 Å². The molecule has 2 aliphatic heterocycles. The number of amides is 3. The number of anilines is 1. The first-order chi connectivity index (χ1) is 24.9. The van der Waals surface area contributed by atoms with Crippen molar-refractivity contribution in [1.29, 1.82) is 0 Å². The summed E-state index contributed by atoms with van der Waals surface area (Å²) >= 11 is 0. The number of ether oxygens (including phenoxy) is 1. The Morgan fingerprint density at radius 3 is 2.41 bits per heavy atom. The second kappa shape index (κ2) is 17.1. The van der Waals surface area contributed by atoms with E-state index in [0.29, 0.717) is 37.9 Å². The number of carbonyl (C=O) groups excluding carboxylic acids is 4. The van der Waals surface area contributed by atoms with Gasteiger partial charge in [-0.1, -0.05) is 97.1 Å². The molecule has 4 aromatic carbocycles. The minimum Gasteiger partial charge on any atom is -0.463 e. The highest BCUT2D eigenvalue weighted by Gasteiger charge is 2.34. The maximum atomic E-state index is 14.0. The molecule has 9 nitrogen and oxygen atoms in total. The summed E-state index contributed by atoms with van der Waals surface area (Å²) in [4.78, 5) is 56.8. The summed E-state index contributed by atoms with van der Waals surface area (Å²) in [6.45, 7) is -0.201. The van der Waals surface area contributed by atoms with Gasteiger partial charge in [0.05, 0.1) is 24.5 Å². The van der Waals surface area contributed by atoms with E-state index in [-0.39, 0.29) is 32.0 Å². The molecular weight excluding hydrogens is 642 g/mol. The normalized spacial score (nSPS) is 21.5. The summed E-state index contributed by atoms with van der Waals surface area (Å²) in [7, 11) is 0. The number of benzene rings is 4. The largest absolute Gasteiger partial charge is 0.463 e. The van der Waals surface area contributed by atoms with Crippen molar-refractivity contribution in [2.45, 2.75) is 63.6 Å². The molecule has 0 saturated heterocycles. The fourth-order valence-corrected chi connectivity index (χ4v) is 6.97. The quantitative estimate of drug-likeness (QED) is 0.168. The van der Waals surface area contributed by atoms with Gasteiger partial charge in [-0.05, 0) is 78.1 Å². The summed E-state index contributed by atoms with van der Waals surface area (Å²) in [6.07, 6.45) is 7.14. The number of rotatable bonds is 7. The number of aliphatic hydroxyl groups excluding tert-OH is 1. The predicted octanol–water partition coefficient (Wildman–Crippen LogP) is 5.75. The van der Waals surface area contributed by atoms with E-state index in [0.717, 1.165) is 33.9 Å². The zero-order valence-electron chi connectivity index (χ0n) is 28.7. The van der Waals surface area contributed by atoms with Crippen molar-refractivity contribution in [2.24, 2.45) is 11.8 Å². The lowest BCUT2D eigenvalue weighted by atomic mass is 9.92. The zero-order chi connectivity index (χ0) is 35.6. The number of allylic oxidation sites excluding steroid dienone is 2. The minimum absolute atomic E-state index is 0.104. The van der Waals surface area contributed by atoms with Crippen molar-refractivity contribution in [2.75, 3.05) is 18.5 Å². The van der Waals surface area contributed by atoms with Crippen LogP contribution in [0.25, 0.3) is 10.8 Å². The first-order valence-corrected chi connectivity index (χ1v) is 17.8. The van der Waals surface area contributed by atoms with Crippen LogP contribution in [0.4, 0.5) is 5.69 Å². The third-order valence-electron chi connectivity index (χ3n) is 9.89. The molecule has 51 heavy (non-hydrogen) atoms. The number of nitrogens with zero attached hydrogens (tertiary/aromatic N) is 1. The van der Waals surface area contributed by atoms with Crippen LogP contribution in [0.15, 0.2) is 109 Å². The van der Waals surface area contributed by atoms with Crippen LogP contribution in [-0.2, 0) is 43.3 Å². The van der Waals surface area contributed by atoms with Crippen molar-refractivity contribution in [3.8, 4) is 0 Å². The molecule has 4 atom stereocenters. The lowest BCUT2D eigenvalue weighted by Crippen LogP contribution is -2.51. The molecule has 0 radical (unpaired) electrons. The lowest BCUT2D eigenvalue weighted by Gasteiger charge is -2.36. The van der Waals surface area contributed by atoms with Crippen molar-refractivity contribution in [3.63, 3.8) is 0 Å². The number of hydrogen-bond acceptors (Lipinski definition) is 6. The molecule has 6 rings (SSSR count). The molecular formula is C42H45N3O6. The highest BCUT2D eigenvalue weighted by atomic mass is 16.5. The van der Waals surface area contributed by atoms with E-state index in [1.807, 2.05) is 103 Å². The van der Waals surface area contributed by atoms with Crippen LogP contribution in [0.2, 0.25) is 0 Å².